The van der Waals surface area contributed by atoms with Crippen LogP contribution >= 0.6 is 0 Å². The molecule has 0 spiro atoms. The first-order valence-corrected chi connectivity index (χ1v) is 10.1. The number of amides is 1. The number of carbonyl (C=O) groups excluding carboxylic acids is 1. The summed E-state index contributed by atoms with van der Waals surface area (Å²) in [5, 5.41) is 2.83. The van der Waals surface area contributed by atoms with Gasteiger partial charge in [-0.2, -0.15) is 17.0 Å². The fourth-order valence-corrected chi connectivity index (χ4v) is 4.57. The molecule has 0 aliphatic carbocycles. The van der Waals surface area contributed by atoms with Crippen molar-refractivity contribution in [3.05, 3.63) is 65.7 Å². The van der Waals surface area contributed by atoms with E-state index in [-0.39, 0.29) is 12.5 Å². The molecule has 7 heteroatoms. The lowest BCUT2D eigenvalue weighted by molar-refractivity contribution is -0.116. The van der Waals surface area contributed by atoms with Gasteiger partial charge in [-0.05, 0) is 23.6 Å². The second-order valence-corrected chi connectivity index (χ2v) is 8.15. The van der Waals surface area contributed by atoms with Gasteiger partial charge >= 0.3 is 0 Å². The fraction of sp³-hybridized carbons (Fsp3) is 0.316. The highest BCUT2D eigenvalue weighted by Gasteiger charge is 2.37. The van der Waals surface area contributed by atoms with Crippen molar-refractivity contribution in [2.45, 2.75) is 19.9 Å². The predicted molar refractivity (Wildman–Crippen MR) is 102 cm³/mol. The second-order valence-electron chi connectivity index (χ2n) is 6.22. The molecule has 0 unspecified atom stereocenters. The molecule has 1 fully saturated rings. The number of hydrogen-bond donors (Lipinski definition) is 1. The lowest BCUT2D eigenvalue weighted by atomic mass is 10.1. The van der Waals surface area contributed by atoms with Crippen LogP contribution in [0.2, 0.25) is 0 Å². The molecule has 1 N–H and O–H groups in total. The average Bonchev–Trinajstić information content (AvgIpc) is 2.90. The number of carbonyl (C=O) groups is 1. The normalized spacial score (nSPS) is 17.3. The Morgan fingerprint density at radius 1 is 1.00 bits per heavy atom. The van der Waals surface area contributed by atoms with E-state index in [1.807, 2.05) is 61.5 Å². The molecule has 1 saturated heterocycles. The Labute approximate surface area is 154 Å². The number of benzene rings is 2. The van der Waals surface area contributed by atoms with Crippen LogP contribution in [0, 0.1) is 0 Å². The Bertz CT molecular complexity index is 869. The van der Waals surface area contributed by atoms with Crippen LogP contribution in [0.15, 0.2) is 54.6 Å². The number of aryl methyl sites for hydroxylation is 1. The molecular formula is C19H23N3O3S. The van der Waals surface area contributed by atoms with Crippen molar-refractivity contribution in [2.24, 2.45) is 0 Å². The van der Waals surface area contributed by atoms with Crippen molar-refractivity contribution >= 4 is 21.8 Å². The van der Waals surface area contributed by atoms with Gasteiger partial charge in [0.15, 0.2) is 0 Å². The highest BCUT2D eigenvalue weighted by atomic mass is 32.2. The zero-order chi connectivity index (χ0) is 18.6. The van der Waals surface area contributed by atoms with Crippen LogP contribution in [0.3, 0.4) is 0 Å². The Balaban J connectivity index is 1.64. The third-order valence-electron chi connectivity index (χ3n) is 4.45. The van der Waals surface area contributed by atoms with Crippen molar-refractivity contribution in [1.29, 1.82) is 0 Å². The first-order valence-electron chi connectivity index (χ1n) is 8.67. The Kier molecular flexibility index (Phi) is 5.70. The summed E-state index contributed by atoms with van der Waals surface area (Å²) in [7, 11) is -3.62. The van der Waals surface area contributed by atoms with E-state index in [4.69, 9.17) is 0 Å². The van der Waals surface area contributed by atoms with Gasteiger partial charge in [0.2, 0.25) is 5.91 Å². The Morgan fingerprint density at radius 3 is 2.38 bits per heavy atom. The minimum absolute atomic E-state index is 0.175. The second kappa shape index (κ2) is 7.99. The van der Waals surface area contributed by atoms with Crippen LogP contribution in [0.1, 0.15) is 18.1 Å². The van der Waals surface area contributed by atoms with Crippen LogP contribution in [-0.2, 0) is 28.0 Å². The quantitative estimate of drug-likeness (QED) is 0.844. The van der Waals surface area contributed by atoms with Crippen LogP contribution in [0.25, 0.3) is 0 Å². The molecule has 0 bridgehead atoms. The third kappa shape index (κ3) is 4.12. The molecular weight excluding hydrogens is 350 g/mol. The van der Waals surface area contributed by atoms with Gasteiger partial charge < -0.3 is 5.32 Å². The molecule has 2 aromatic rings. The summed E-state index contributed by atoms with van der Waals surface area (Å²) in [5.74, 6) is -0.323. The number of nitrogens with one attached hydrogen (secondary N) is 1. The van der Waals surface area contributed by atoms with Crippen LogP contribution in [0.4, 0.5) is 5.69 Å². The molecule has 3 rings (SSSR count). The highest BCUT2D eigenvalue weighted by Crippen LogP contribution is 2.20. The molecule has 0 atom stereocenters. The van der Waals surface area contributed by atoms with Gasteiger partial charge in [0.25, 0.3) is 10.2 Å². The number of nitrogens with zero attached hydrogens (tertiary/aromatic N) is 2. The van der Waals surface area contributed by atoms with E-state index in [0.717, 1.165) is 23.2 Å². The average molecular weight is 373 g/mol. The van der Waals surface area contributed by atoms with Crippen molar-refractivity contribution in [3.8, 4) is 0 Å². The highest BCUT2D eigenvalue weighted by molar-refractivity contribution is 7.87. The maximum atomic E-state index is 12.7. The third-order valence-corrected chi connectivity index (χ3v) is 6.37. The van der Waals surface area contributed by atoms with Gasteiger partial charge in [-0.3, -0.25) is 4.79 Å². The van der Waals surface area contributed by atoms with Crippen molar-refractivity contribution < 1.29 is 13.2 Å². The first-order chi connectivity index (χ1) is 12.5. The van der Waals surface area contributed by atoms with Gasteiger partial charge in [0.1, 0.15) is 0 Å². The van der Waals surface area contributed by atoms with Gasteiger partial charge in [-0.15, -0.1) is 0 Å². The van der Waals surface area contributed by atoms with E-state index >= 15 is 0 Å². The molecule has 26 heavy (non-hydrogen) atoms. The fourth-order valence-electron chi connectivity index (χ4n) is 3.03. The summed E-state index contributed by atoms with van der Waals surface area (Å²) in [6.07, 6.45) is 0.795. The maximum Gasteiger partial charge on any atom is 0.282 e. The Hall–Kier alpha value is -2.22. The number of hydrogen-bond acceptors (Lipinski definition) is 3. The number of anilines is 1. The minimum Gasteiger partial charge on any atom is -0.325 e. The van der Waals surface area contributed by atoms with E-state index in [2.05, 4.69) is 5.32 Å². The molecule has 1 aliphatic rings. The topological polar surface area (TPSA) is 69.7 Å². The minimum atomic E-state index is -3.62. The number of rotatable bonds is 6. The van der Waals surface area contributed by atoms with Gasteiger partial charge in [0.05, 0.1) is 6.54 Å². The molecule has 0 saturated carbocycles. The van der Waals surface area contributed by atoms with Crippen molar-refractivity contribution in [2.75, 3.05) is 25.0 Å². The van der Waals surface area contributed by atoms with Crippen LogP contribution in [-0.4, -0.2) is 42.6 Å². The molecule has 0 radical (unpaired) electrons. The molecule has 1 amide bonds. The summed E-state index contributed by atoms with van der Waals surface area (Å²) < 4.78 is 28.0. The molecule has 1 aliphatic heterocycles. The van der Waals surface area contributed by atoms with Gasteiger partial charge in [0, 0.05) is 25.3 Å². The predicted octanol–water partition coefficient (Wildman–Crippen LogP) is 2.25. The maximum absolute atomic E-state index is 12.7. The first kappa shape index (κ1) is 18.6. The number of para-hydroxylation sites is 1. The summed E-state index contributed by atoms with van der Waals surface area (Å²) in [4.78, 5) is 12.4. The monoisotopic (exact) mass is 373 g/mol. The zero-order valence-electron chi connectivity index (χ0n) is 14.8. The van der Waals surface area contributed by atoms with E-state index in [1.54, 1.807) is 0 Å². The van der Waals surface area contributed by atoms with E-state index in [0.29, 0.717) is 19.6 Å². The van der Waals surface area contributed by atoms with Crippen molar-refractivity contribution in [1.82, 2.24) is 8.61 Å². The van der Waals surface area contributed by atoms with E-state index in [1.165, 1.54) is 8.61 Å². The summed E-state index contributed by atoms with van der Waals surface area (Å²) in [6.45, 7) is 2.86. The molecule has 1 heterocycles. The van der Waals surface area contributed by atoms with Crippen molar-refractivity contribution in [3.63, 3.8) is 0 Å². The van der Waals surface area contributed by atoms with E-state index in [9.17, 15) is 13.2 Å². The Morgan fingerprint density at radius 2 is 1.65 bits per heavy atom. The molecule has 138 valence electrons. The lowest BCUT2D eigenvalue weighted by Crippen LogP contribution is -2.38. The van der Waals surface area contributed by atoms with Gasteiger partial charge in [-0.1, -0.05) is 55.5 Å². The summed E-state index contributed by atoms with van der Waals surface area (Å²) >= 11 is 0. The van der Waals surface area contributed by atoms with Crippen LogP contribution in [0.5, 0.6) is 0 Å². The molecule has 0 aromatic heterocycles. The smallest absolute Gasteiger partial charge is 0.282 e. The molecule has 6 nitrogen and oxygen atoms in total. The van der Waals surface area contributed by atoms with Gasteiger partial charge in [-0.25, -0.2) is 0 Å². The molecule has 2 aromatic carbocycles. The standard InChI is InChI=1S/C19H23N3O3S/c1-2-17-10-6-7-11-18(17)20-19(23)15-22-13-12-21(26(22,24)25)14-16-8-4-3-5-9-16/h3-11H,2,12-15H2,1H3,(H,20,23). The SMILES string of the molecule is CCc1ccccc1NC(=O)CN1CCN(Cc2ccccc2)S1(=O)=O. The lowest BCUT2D eigenvalue weighted by Gasteiger charge is -2.18. The zero-order valence-corrected chi connectivity index (χ0v) is 15.6. The summed E-state index contributed by atoms with van der Waals surface area (Å²) in [5.41, 5.74) is 2.69. The largest absolute Gasteiger partial charge is 0.325 e. The van der Waals surface area contributed by atoms with Crippen LogP contribution < -0.4 is 5.32 Å². The van der Waals surface area contributed by atoms with E-state index < -0.39 is 10.2 Å². The summed E-state index contributed by atoms with van der Waals surface area (Å²) in [6, 6.07) is 17.0.